The Kier molecular flexibility index (Phi) is 8.22. The lowest BCUT2D eigenvalue weighted by Crippen LogP contribution is -2.55. The zero-order valence-electron chi connectivity index (χ0n) is 17.7. The van der Waals surface area contributed by atoms with E-state index in [1.54, 1.807) is 12.1 Å². The van der Waals surface area contributed by atoms with E-state index in [0.29, 0.717) is 12.8 Å². The third-order valence-electron chi connectivity index (χ3n) is 4.70. The number of rotatable bonds is 12. The Balaban J connectivity index is 2.05. The van der Waals surface area contributed by atoms with Gasteiger partial charge in [0.15, 0.2) is 0 Å². The molecule has 2 N–H and O–H groups in total. The van der Waals surface area contributed by atoms with Gasteiger partial charge in [-0.2, -0.15) is 14.0 Å². The van der Waals surface area contributed by atoms with Gasteiger partial charge in [0.1, 0.15) is 17.8 Å². The highest BCUT2D eigenvalue weighted by molar-refractivity contribution is 7.98. The minimum atomic E-state index is -3.74. The highest BCUT2D eigenvalue weighted by Crippen LogP contribution is 2.41. The first kappa shape index (κ1) is 25.3. The van der Waals surface area contributed by atoms with Crippen LogP contribution < -0.4 is 15.4 Å². The van der Waals surface area contributed by atoms with Crippen LogP contribution in [0.2, 0.25) is 0 Å². The molecule has 0 aliphatic heterocycles. The van der Waals surface area contributed by atoms with Crippen molar-refractivity contribution >= 4 is 17.7 Å². The Morgan fingerprint density at radius 2 is 1.87 bits per heavy atom. The van der Waals surface area contributed by atoms with Gasteiger partial charge in [0.05, 0.1) is 12.1 Å². The van der Waals surface area contributed by atoms with E-state index in [1.165, 1.54) is 37.7 Å². The molecule has 31 heavy (non-hydrogen) atoms. The van der Waals surface area contributed by atoms with E-state index in [1.807, 2.05) is 12.3 Å². The second-order valence-electron chi connectivity index (χ2n) is 8.28. The lowest BCUT2D eigenvalue weighted by Gasteiger charge is -2.28. The fraction of sp³-hybridized carbons (Fsp3) is 0.619. The maximum absolute atomic E-state index is 14.4. The minimum Gasteiger partial charge on any atom is -0.432 e. The Morgan fingerprint density at radius 3 is 2.39 bits per heavy atom. The van der Waals surface area contributed by atoms with Crippen molar-refractivity contribution < 1.29 is 27.1 Å². The number of amides is 1. The van der Waals surface area contributed by atoms with Gasteiger partial charge in [-0.3, -0.25) is 10.1 Å². The Labute approximate surface area is 183 Å². The van der Waals surface area contributed by atoms with E-state index < -0.39 is 48.9 Å². The van der Waals surface area contributed by atoms with Crippen molar-refractivity contribution in [1.29, 1.82) is 5.26 Å². The number of nitrogens with one attached hydrogen (secondary N) is 2. The molecule has 0 spiro atoms. The SMILES string of the molecule is CSc1ccc(OC(F)(F)CN[C@@H](CC(F)(F)CC2CC2)C(=O)NC(C)(C)C#N)cc1. The Morgan fingerprint density at radius 1 is 1.26 bits per heavy atom. The third kappa shape index (κ3) is 8.95. The summed E-state index contributed by atoms with van der Waals surface area (Å²) in [5.41, 5.74) is -1.33. The quantitative estimate of drug-likeness (QED) is 0.352. The van der Waals surface area contributed by atoms with Crippen molar-refractivity contribution in [2.75, 3.05) is 12.8 Å². The molecular weight excluding hydrogens is 434 g/mol. The van der Waals surface area contributed by atoms with Gasteiger partial charge in [0.2, 0.25) is 11.8 Å². The molecule has 1 saturated carbocycles. The second-order valence-corrected chi connectivity index (χ2v) is 9.16. The number of nitriles is 1. The van der Waals surface area contributed by atoms with Gasteiger partial charge < -0.3 is 10.1 Å². The molecule has 1 aliphatic carbocycles. The maximum atomic E-state index is 14.4. The minimum absolute atomic E-state index is 0.0877. The lowest BCUT2D eigenvalue weighted by molar-refractivity contribution is -0.174. The third-order valence-corrected chi connectivity index (χ3v) is 5.44. The van der Waals surface area contributed by atoms with Gasteiger partial charge in [-0.25, -0.2) is 8.78 Å². The van der Waals surface area contributed by atoms with Crippen LogP contribution in [-0.2, 0) is 4.79 Å². The van der Waals surface area contributed by atoms with Crippen LogP contribution in [-0.4, -0.2) is 42.3 Å². The molecule has 1 fully saturated rings. The molecule has 0 saturated heterocycles. The molecule has 0 unspecified atom stereocenters. The van der Waals surface area contributed by atoms with Crippen LogP contribution in [0.5, 0.6) is 5.75 Å². The molecule has 5 nitrogen and oxygen atoms in total. The summed E-state index contributed by atoms with van der Waals surface area (Å²) >= 11 is 1.44. The van der Waals surface area contributed by atoms with Crippen LogP contribution in [0.3, 0.4) is 0 Å². The van der Waals surface area contributed by atoms with E-state index in [0.717, 1.165) is 4.90 Å². The topological polar surface area (TPSA) is 74.2 Å². The number of hydrogen-bond donors (Lipinski definition) is 2. The van der Waals surface area contributed by atoms with Gasteiger partial charge >= 0.3 is 6.11 Å². The molecule has 2 rings (SSSR count). The average molecular weight is 462 g/mol. The first-order valence-electron chi connectivity index (χ1n) is 9.90. The number of carbonyl (C=O) groups is 1. The summed E-state index contributed by atoms with van der Waals surface area (Å²) in [7, 11) is 0. The number of nitrogens with zero attached hydrogens (tertiary/aromatic N) is 1. The van der Waals surface area contributed by atoms with Crippen molar-refractivity contribution in [2.24, 2.45) is 5.92 Å². The zero-order chi connectivity index (χ0) is 23.3. The highest BCUT2D eigenvalue weighted by atomic mass is 32.2. The van der Waals surface area contributed by atoms with E-state index in [-0.39, 0.29) is 11.7 Å². The van der Waals surface area contributed by atoms with Crippen LogP contribution in [0.25, 0.3) is 0 Å². The number of ether oxygens (including phenoxy) is 1. The number of alkyl halides is 4. The van der Waals surface area contributed by atoms with E-state index >= 15 is 0 Å². The second kappa shape index (κ2) is 10.1. The molecule has 1 aromatic carbocycles. The van der Waals surface area contributed by atoms with Gasteiger partial charge in [-0.15, -0.1) is 11.8 Å². The molecule has 10 heteroatoms. The summed E-state index contributed by atoms with van der Waals surface area (Å²) in [5.74, 6) is -4.34. The molecule has 1 amide bonds. The average Bonchev–Trinajstić information content (AvgIpc) is 3.48. The smallest absolute Gasteiger partial charge is 0.410 e. The van der Waals surface area contributed by atoms with Crippen LogP contribution in [0.15, 0.2) is 29.2 Å². The standard InChI is InChI=1S/C21H27F4N3O2S/c1-19(2,12-26)28-18(29)17(11-20(22,23)10-14-4-5-14)27-13-21(24,25)30-15-6-8-16(31-3)9-7-15/h6-9,14,17,27H,4-5,10-11,13H2,1-3H3,(H,28,29)/t17-/m0/s1. The summed E-state index contributed by atoms with van der Waals surface area (Å²) in [5, 5.41) is 13.6. The first-order valence-corrected chi connectivity index (χ1v) is 11.1. The molecular formula is C21H27F4N3O2S. The first-order chi connectivity index (χ1) is 14.3. The molecule has 1 aliphatic rings. The van der Waals surface area contributed by atoms with Crippen LogP contribution in [0.1, 0.15) is 39.5 Å². The van der Waals surface area contributed by atoms with E-state index in [9.17, 15) is 22.4 Å². The van der Waals surface area contributed by atoms with E-state index in [4.69, 9.17) is 5.26 Å². The van der Waals surface area contributed by atoms with Gasteiger partial charge in [-0.05, 0) is 63.1 Å². The summed E-state index contributed by atoms with van der Waals surface area (Å²) < 4.78 is 62.0. The molecule has 0 aromatic heterocycles. The van der Waals surface area contributed by atoms with Crippen molar-refractivity contribution in [3.63, 3.8) is 0 Å². The monoisotopic (exact) mass is 461 g/mol. The number of hydrogen-bond acceptors (Lipinski definition) is 5. The highest BCUT2D eigenvalue weighted by Gasteiger charge is 2.42. The Hall–Kier alpha value is -1.99. The molecule has 0 bridgehead atoms. The molecule has 172 valence electrons. The lowest BCUT2D eigenvalue weighted by atomic mass is 10.0. The summed E-state index contributed by atoms with van der Waals surface area (Å²) in [6, 6.07) is 6.19. The number of thioether (sulfide) groups is 1. The largest absolute Gasteiger partial charge is 0.432 e. The Bertz CT molecular complexity index is 793. The van der Waals surface area contributed by atoms with Crippen molar-refractivity contribution in [1.82, 2.24) is 10.6 Å². The van der Waals surface area contributed by atoms with Crippen LogP contribution in [0, 0.1) is 17.2 Å². The number of carbonyl (C=O) groups excluding carboxylic acids is 1. The summed E-state index contributed by atoms with van der Waals surface area (Å²) in [4.78, 5) is 13.4. The van der Waals surface area contributed by atoms with Crippen molar-refractivity contribution in [3.8, 4) is 11.8 Å². The van der Waals surface area contributed by atoms with E-state index in [2.05, 4.69) is 15.4 Å². The fourth-order valence-corrected chi connectivity index (χ4v) is 3.31. The molecule has 1 atom stereocenters. The van der Waals surface area contributed by atoms with Crippen molar-refractivity contribution in [3.05, 3.63) is 24.3 Å². The maximum Gasteiger partial charge on any atom is 0.410 e. The number of benzene rings is 1. The van der Waals surface area contributed by atoms with Crippen molar-refractivity contribution in [2.45, 2.75) is 68.0 Å². The fourth-order valence-electron chi connectivity index (χ4n) is 2.90. The predicted molar refractivity (Wildman–Crippen MR) is 110 cm³/mol. The summed E-state index contributed by atoms with van der Waals surface area (Å²) in [6.45, 7) is 1.63. The van der Waals surface area contributed by atoms with Crippen LogP contribution in [0.4, 0.5) is 17.6 Å². The van der Waals surface area contributed by atoms with Gasteiger partial charge in [-0.1, -0.05) is 0 Å². The molecule has 1 aromatic rings. The molecule has 0 radical (unpaired) electrons. The zero-order valence-corrected chi connectivity index (χ0v) is 18.5. The summed E-state index contributed by atoms with van der Waals surface area (Å²) in [6.07, 6.45) is -1.85. The van der Waals surface area contributed by atoms with Gasteiger partial charge in [0.25, 0.3) is 0 Å². The normalized spacial score (nSPS) is 15.8. The predicted octanol–water partition coefficient (Wildman–Crippen LogP) is 4.58. The number of halogens is 4. The van der Waals surface area contributed by atoms with Crippen LogP contribution >= 0.6 is 11.8 Å². The van der Waals surface area contributed by atoms with Gasteiger partial charge in [0, 0.05) is 17.7 Å². The molecule has 0 heterocycles.